The van der Waals surface area contributed by atoms with Crippen LogP contribution < -0.4 is 10.1 Å². The van der Waals surface area contributed by atoms with Gasteiger partial charge in [0.15, 0.2) is 0 Å². The molecule has 1 amide bonds. The van der Waals surface area contributed by atoms with E-state index in [4.69, 9.17) is 9.84 Å². The van der Waals surface area contributed by atoms with Crippen molar-refractivity contribution in [3.8, 4) is 5.75 Å². The van der Waals surface area contributed by atoms with Crippen LogP contribution >= 0.6 is 31.9 Å². The van der Waals surface area contributed by atoms with E-state index < -0.39 is 21.5 Å². The Balaban J connectivity index is 2.63. The molecule has 0 saturated heterocycles. The molecule has 2 atom stereocenters. The number of carboxylic acid groups (broad SMARTS) is 1. The zero-order valence-corrected chi connectivity index (χ0v) is 13.3. The van der Waals surface area contributed by atoms with Crippen LogP contribution in [0.1, 0.15) is 6.92 Å². The molecule has 19 heavy (non-hydrogen) atoms. The Kier molecular flexibility index (Phi) is 6.30. The second kappa shape index (κ2) is 7.49. The summed E-state index contributed by atoms with van der Waals surface area (Å²) >= 11 is 5.97. The fourth-order valence-corrected chi connectivity index (χ4v) is 1.85. The van der Waals surface area contributed by atoms with Crippen molar-refractivity contribution in [2.45, 2.75) is 16.6 Å². The highest BCUT2D eigenvalue weighted by molar-refractivity contribution is 9.12. The molecule has 2 N–H and O–H groups in total. The van der Waals surface area contributed by atoms with Crippen LogP contribution in [0.25, 0.3) is 0 Å². The lowest BCUT2D eigenvalue weighted by Gasteiger charge is -2.13. The third kappa shape index (κ3) is 4.83. The highest BCUT2D eigenvalue weighted by Crippen LogP contribution is 2.19. The van der Waals surface area contributed by atoms with Crippen LogP contribution in [0.4, 0.5) is 5.69 Å². The highest BCUT2D eigenvalue weighted by atomic mass is 79.9. The number of hydrogen-bond donors (Lipinski definition) is 2. The van der Waals surface area contributed by atoms with Gasteiger partial charge in [0.05, 0.1) is 6.61 Å². The van der Waals surface area contributed by atoms with E-state index in [9.17, 15) is 9.59 Å². The second-order valence-corrected chi connectivity index (χ2v) is 5.56. The highest BCUT2D eigenvalue weighted by Gasteiger charge is 2.29. The predicted molar refractivity (Wildman–Crippen MR) is 79.3 cm³/mol. The molecule has 7 heteroatoms. The quantitative estimate of drug-likeness (QED) is 0.727. The maximum absolute atomic E-state index is 11.8. The standard InChI is InChI=1S/C12H13Br2NO4/c1-2-19-8-5-3-7(4-6-8)15-11(16)9(13)10(14)12(17)18/h3-6,9-10H,2H2,1H3,(H,15,16)(H,17,18)/t9-,10-/m0/s1. The summed E-state index contributed by atoms with van der Waals surface area (Å²) in [7, 11) is 0. The molecule has 1 rings (SSSR count). The van der Waals surface area contributed by atoms with E-state index in [1.807, 2.05) is 6.92 Å². The van der Waals surface area contributed by atoms with Gasteiger partial charge in [0.25, 0.3) is 0 Å². The van der Waals surface area contributed by atoms with Crippen molar-refractivity contribution in [2.24, 2.45) is 0 Å². The van der Waals surface area contributed by atoms with Gasteiger partial charge in [0.2, 0.25) is 5.91 Å². The normalized spacial score (nSPS) is 13.4. The van der Waals surface area contributed by atoms with Crippen molar-refractivity contribution < 1.29 is 19.4 Å². The van der Waals surface area contributed by atoms with E-state index in [0.717, 1.165) is 0 Å². The summed E-state index contributed by atoms with van der Waals surface area (Å²) in [6.45, 7) is 2.45. The Bertz CT molecular complexity index is 450. The number of rotatable bonds is 6. The van der Waals surface area contributed by atoms with Gasteiger partial charge >= 0.3 is 5.97 Å². The van der Waals surface area contributed by atoms with E-state index in [2.05, 4.69) is 37.2 Å². The van der Waals surface area contributed by atoms with Crippen LogP contribution in [0.5, 0.6) is 5.75 Å². The average Bonchev–Trinajstić information content (AvgIpc) is 2.39. The summed E-state index contributed by atoms with van der Waals surface area (Å²) < 4.78 is 5.28. The van der Waals surface area contributed by atoms with Crippen molar-refractivity contribution in [3.63, 3.8) is 0 Å². The van der Waals surface area contributed by atoms with Crippen LogP contribution in [0, 0.1) is 0 Å². The van der Waals surface area contributed by atoms with Crippen molar-refractivity contribution >= 4 is 49.4 Å². The van der Waals surface area contributed by atoms with Gasteiger partial charge in [-0.1, -0.05) is 31.9 Å². The number of ether oxygens (including phenoxy) is 1. The van der Waals surface area contributed by atoms with Gasteiger partial charge in [-0.15, -0.1) is 0 Å². The van der Waals surface area contributed by atoms with Crippen LogP contribution in [-0.2, 0) is 9.59 Å². The molecule has 5 nitrogen and oxygen atoms in total. The van der Waals surface area contributed by atoms with Crippen LogP contribution in [-0.4, -0.2) is 33.2 Å². The smallest absolute Gasteiger partial charge is 0.318 e. The Morgan fingerprint density at radius 2 is 1.84 bits per heavy atom. The zero-order chi connectivity index (χ0) is 14.4. The first-order valence-corrected chi connectivity index (χ1v) is 7.33. The van der Waals surface area contributed by atoms with E-state index in [0.29, 0.717) is 18.0 Å². The van der Waals surface area contributed by atoms with Crippen LogP contribution in [0.2, 0.25) is 0 Å². The maximum Gasteiger partial charge on any atom is 0.318 e. The molecular formula is C12H13Br2NO4. The number of carbonyl (C=O) groups excluding carboxylic acids is 1. The largest absolute Gasteiger partial charge is 0.494 e. The monoisotopic (exact) mass is 393 g/mol. The lowest BCUT2D eigenvalue weighted by molar-refractivity contribution is -0.137. The summed E-state index contributed by atoms with van der Waals surface area (Å²) in [5.74, 6) is -0.836. The molecule has 0 aliphatic heterocycles. The van der Waals surface area contributed by atoms with E-state index in [-0.39, 0.29) is 0 Å². The number of halogens is 2. The van der Waals surface area contributed by atoms with Crippen molar-refractivity contribution in [3.05, 3.63) is 24.3 Å². The summed E-state index contributed by atoms with van der Waals surface area (Å²) in [5, 5.41) is 11.4. The summed E-state index contributed by atoms with van der Waals surface area (Å²) in [6.07, 6.45) is 0. The molecule has 0 fully saturated rings. The Morgan fingerprint density at radius 1 is 1.26 bits per heavy atom. The number of carboxylic acids is 1. The summed E-state index contributed by atoms with van der Waals surface area (Å²) in [5.41, 5.74) is 0.572. The molecule has 0 heterocycles. The van der Waals surface area contributed by atoms with E-state index >= 15 is 0 Å². The SMILES string of the molecule is CCOc1ccc(NC(=O)[C@@H](Br)[C@H](Br)C(=O)O)cc1. The number of anilines is 1. The molecule has 0 aliphatic rings. The minimum Gasteiger partial charge on any atom is -0.494 e. The molecule has 104 valence electrons. The number of carbonyl (C=O) groups is 2. The van der Waals surface area contributed by atoms with Crippen molar-refractivity contribution in [1.29, 1.82) is 0 Å². The number of benzene rings is 1. The van der Waals surface area contributed by atoms with Gasteiger partial charge < -0.3 is 15.2 Å². The average molecular weight is 395 g/mol. The first kappa shape index (κ1) is 16.0. The first-order valence-electron chi connectivity index (χ1n) is 5.50. The van der Waals surface area contributed by atoms with Crippen molar-refractivity contribution in [2.75, 3.05) is 11.9 Å². The van der Waals surface area contributed by atoms with Crippen LogP contribution in [0.15, 0.2) is 24.3 Å². The molecule has 0 bridgehead atoms. The number of hydrogen-bond acceptors (Lipinski definition) is 3. The molecule has 1 aromatic carbocycles. The van der Waals surface area contributed by atoms with Gasteiger partial charge in [-0.05, 0) is 31.2 Å². The number of amides is 1. The summed E-state index contributed by atoms with van der Waals surface area (Å²) in [6, 6.07) is 6.83. The van der Waals surface area contributed by atoms with E-state index in [1.54, 1.807) is 24.3 Å². The van der Waals surface area contributed by atoms with Gasteiger partial charge in [0, 0.05) is 5.69 Å². The van der Waals surface area contributed by atoms with Crippen molar-refractivity contribution in [1.82, 2.24) is 0 Å². The lowest BCUT2D eigenvalue weighted by atomic mass is 10.2. The molecule has 0 radical (unpaired) electrons. The molecule has 0 unspecified atom stereocenters. The first-order chi connectivity index (χ1) is 8.95. The minimum atomic E-state index is -1.11. The number of nitrogens with one attached hydrogen (secondary N) is 1. The summed E-state index contributed by atoms with van der Waals surface area (Å²) in [4.78, 5) is 20.7. The third-order valence-electron chi connectivity index (χ3n) is 2.18. The molecule has 0 aromatic heterocycles. The van der Waals surface area contributed by atoms with Gasteiger partial charge in [-0.25, -0.2) is 0 Å². The van der Waals surface area contributed by atoms with Crippen LogP contribution in [0.3, 0.4) is 0 Å². The molecular weight excluding hydrogens is 382 g/mol. The minimum absolute atomic E-state index is 0.437. The number of alkyl halides is 2. The zero-order valence-electron chi connectivity index (χ0n) is 10.1. The van der Waals surface area contributed by atoms with E-state index in [1.165, 1.54) is 0 Å². The Labute approximate surface area is 127 Å². The molecule has 0 saturated carbocycles. The molecule has 1 aromatic rings. The topological polar surface area (TPSA) is 75.6 Å². The number of aliphatic carboxylic acids is 1. The Hall–Kier alpha value is -1.08. The fourth-order valence-electron chi connectivity index (χ4n) is 1.27. The van der Waals surface area contributed by atoms with Gasteiger partial charge in [-0.3, -0.25) is 9.59 Å². The predicted octanol–water partition coefficient (Wildman–Crippen LogP) is 2.64. The second-order valence-electron chi connectivity index (χ2n) is 3.59. The maximum atomic E-state index is 11.8. The third-order valence-corrected chi connectivity index (χ3v) is 4.75. The Morgan fingerprint density at radius 3 is 2.32 bits per heavy atom. The molecule has 0 aliphatic carbocycles. The lowest BCUT2D eigenvalue weighted by Crippen LogP contribution is -2.34. The molecule has 0 spiro atoms. The van der Waals surface area contributed by atoms with Gasteiger partial charge in [-0.2, -0.15) is 0 Å². The van der Waals surface area contributed by atoms with Gasteiger partial charge in [0.1, 0.15) is 15.4 Å². The fraction of sp³-hybridized carbons (Fsp3) is 0.333.